The fourth-order valence-electron chi connectivity index (χ4n) is 4.04. The van der Waals surface area contributed by atoms with Gasteiger partial charge in [-0.15, -0.1) is 0 Å². The number of hydrogen-bond donors (Lipinski definition) is 2. The average molecular weight is 488 g/mol. The average Bonchev–Trinajstić information content (AvgIpc) is 2.78. The first-order chi connectivity index (χ1) is 16.2. The second-order valence-electron chi connectivity index (χ2n) is 8.61. The van der Waals surface area contributed by atoms with Crippen molar-refractivity contribution in [3.05, 3.63) is 59.7 Å². The number of anilines is 1. The zero-order valence-corrected chi connectivity index (χ0v) is 20.7. The molecule has 0 aromatic heterocycles. The van der Waals surface area contributed by atoms with E-state index in [1.807, 2.05) is 38.1 Å². The summed E-state index contributed by atoms with van der Waals surface area (Å²) >= 11 is 0. The van der Waals surface area contributed by atoms with Gasteiger partial charge in [-0.1, -0.05) is 24.3 Å². The molecule has 184 valence electrons. The Morgan fingerprint density at radius 3 is 2.50 bits per heavy atom. The van der Waals surface area contributed by atoms with Crippen LogP contribution in [0.5, 0.6) is 0 Å². The second-order valence-corrected chi connectivity index (χ2v) is 10.5. The van der Waals surface area contributed by atoms with Gasteiger partial charge in [-0.25, -0.2) is 8.42 Å². The van der Waals surface area contributed by atoms with Gasteiger partial charge >= 0.3 is 0 Å². The lowest BCUT2D eigenvalue weighted by Crippen LogP contribution is -2.42. The van der Waals surface area contributed by atoms with Crippen LogP contribution >= 0.6 is 0 Å². The molecule has 1 aliphatic rings. The first-order valence-electron chi connectivity index (χ1n) is 11.5. The summed E-state index contributed by atoms with van der Waals surface area (Å²) in [5.41, 5.74) is 2.43. The SMILES string of the molecule is CC(=O)Nc1ccc(S(=O)(=O)N2CCc3ccccc3[C@@H]2CC(=O)NCCCOC(C)C)cc1. The van der Waals surface area contributed by atoms with Gasteiger partial charge in [0.25, 0.3) is 0 Å². The quantitative estimate of drug-likeness (QED) is 0.501. The van der Waals surface area contributed by atoms with Crippen LogP contribution in [0.4, 0.5) is 5.69 Å². The highest BCUT2D eigenvalue weighted by Gasteiger charge is 2.37. The Labute approximate surface area is 201 Å². The molecule has 0 spiro atoms. The highest BCUT2D eigenvalue weighted by Crippen LogP contribution is 2.36. The van der Waals surface area contributed by atoms with Gasteiger partial charge in [0.15, 0.2) is 0 Å². The van der Waals surface area contributed by atoms with E-state index < -0.39 is 16.1 Å². The highest BCUT2D eigenvalue weighted by atomic mass is 32.2. The van der Waals surface area contributed by atoms with Gasteiger partial charge in [0.1, 0.15) is 0 Å². The summed E-state index contributed by atoms with van der Waals surface area (Å²) < 4.78 is 34.1. The number of fused-ring (bicyclic) bond motifs is 1. The minimum Gasteiger partial charge on any atom is -0.379 e. The molecule has 8 nitrogen and oxygen atoms in total. The first kappa shape index (κ1) is 25.9. The van der Waals surface area contributed by atoms with Crippen LogP contribution in [0.1, 0.15) is 50.8 Å². The largest absolute Gasteiger partial charge is 0.379 e. The summed E-state index contributed by atoms with van der Waals surface area (Å²) in [5.74, 6) is -0.433. The fourth-order valence-corrected chi connectivity index (χ4v) is 5.65. The molecule has 0 fully saturated rings. The van der Waals surface area contributed by atoms with E-state index in [-0.39, 0.29) is 35.8 Å². The summed E-state index contributed by atoms with van der Waals surface area (Å²) in [6, 6.07) is 13.2. The maximum Gasteiger partial charge on any atom is 0.243 e. The van der Waals surface area contributed by atoms with Gasteiger partial charge in [-0.3, -0.25) is 9.59 Å². The number of amides is 2. The molecule has 0 saturated heterocycles. The number of sulfonamides is 1. The van der Waals surface area contributed by atoms with Crippen molar-refractivity contribution >= 4 is 27.5 Å². The molecule has 2 aromatic carbocycles. The van der Waals surface area contributed by atoms with Gasteiger partial charge in [-0.05, 0) is 62.1 Å². The lowest BCUT2D eigenvalue weighted by molar-refractivity contribution is -0.122. The predicted octanol–water partition coefficient (Wildman–Crippen LogP) is 3.25. The fraction of sp³-hybridized carbons (Fsp3) is 0.440. The van der Waals surface area contributed by atoms with Crippen molar-refractivity contribution in [1.29, 1.82) is 0 Å². The van der Waals surface area contributed by atoms with Crippen molar-refractivity contribution in [1.82, 2.24) is 9.62 Å². The second kappa shape index (κ2) is 11.6. The molecule has 0 saturated carbocycles. The maximum absolute atomic E-state index is 13.6. The minimum absolute atomic E-state index is 0.0330. The van der Waals surface area contributed by atoms with Crippen molar-refractivity contribution in [2.75, 3.05) is 25.0 Å². The molecule has 0 unspecified atom stereocenters. The Hall–Kier alpha value is -2.75. The summed E-state index contributed by atoms with van der Waals surface area (Å²) in [7, 11) is -3.86. The predicted molar refractivity (Wildman–Crippen MR) is 131 cm³/mol. The van der Waals surface area contributed by atoms with Crippen LogP contribution in [-0.2, 0) is 30.8 Å². The van der Waals surface area contributed by atoms with E-state index in [1.54, 1.807) is 12.1 Å². The van der Waals surface area contributed by atoms with E-state index in [0.717, 1.165) is 11.1 Å². The molecule has 1 atom stereocenters. The van der Waals surface area contributed by atoms with Crippen molar-refractivity contribution in [3.63, 3.8) is 0 Å². The van der Waals surface area contributed by atoms with E-state index in [1.165, 1.54) is 23.4 Å². The molecule has 9 heteroatoms. The van der Waals surface area contributed by atoms with Gasteiger partial charge in [0.2, 0.25) is 21.8 Å². The molecule has 2 aromatic rings. The Morgan fingerprint density at radius 1 is 1.12 bits per heavy atom. The summed E-state index contributed by atoms with van der Waals surface area (Å²) in [6.07, 6.45) is 1.43. The number of nitrogens with zero attached hydrogens (tertiary/aromatic N) is 1. The van der Waals surface area contributed by atoms with Gasteiger partial charge in [0.05, 0.1) is 17.0 Å². The standard InChI is InChI=1S/C25H33N3O5S/c1-18(2)33-16-6-14-26-25(30)17-24-23-8-5-4-7-20(23)13-15-28(24)34(31,32)22-11-9-21(10-12-22)27-19(3)29/h4-5,7-12,18,24H,6,13-17H2,1-3H3,(H,26,30)(H,27,29)/t24-/m0/s1. The van der Waals surface area contributed by atoms with Crippen molar-refractivity contribution in [3.8, 4) is 0 Å². The lowest BCUT2D eigenvalue weighted by Gasteiger charge is -2.36. The maximum atomic E-state index is 13.6. The third-order valence-electron chi connectivity index (χ3n) is 5.62. The first-order valence-corrected chi connectivity index (χ1v) is 13.0. The van der Waals surface area contributed by atoms with Crippen LogP contribution < -0.4 is 10.6 Å². The molecule has 2 N–H and O–H groups in total. The van der Waals surface area contributed by atoms with Gasteiger partial charge in [-0.2, -0.15) is 4.31 Å². The molecular weight excluding hydrogens is 454 g/mol. The Balaban J connectivity index is 1.78. The van der Waals surface area contributed by atoms with E-state index in [4.69, 9.17) is 4.74 Å². The van der Waals surface area contributed by atoms with E-state index in [2.05, 4.69) is 10.6 Å². The summed E-state index contributed by atoms with van der Waals surface area (Å²) in [5, 5.41) is 5.53. The van der Waals surface area contributed by atoms with Gasteiger partial charge < -0.3 is 15.4 Å². The monoisotopic (exact) mass is 487 g/mol. The zero-order chi connectivity index (χ0) is 24.7. The zero-order valence-electron chi connectivity index (χ0n) is 19.9. The number of nitrogens with one attached hydrogen (secondary N) is 2. The number of hydrogen-bond acceptors (Lipinski definition) is 5. The smallest absolute Gasteiger partial charge is 0.243 e. The molecule has 2 amide bonds. The molecule has 1 heterocycles. The molecule has 1 aliphatic heterocycles. The van der Waals surface area contributed by atoms with Crippen LogP contribution in [0.25, 0.3) is 0 Å². The number of benzene rings is 2. The van der Waals surface area contributed by atoms with Crippen LogP contribution in [0.15, 0.2) is 53.4 Å². The van der Waals surface area contributed by atoms with Crippen LogP contribution in [0.3, 0.4) is 0 Å². The minimum atomic E-state index is -3.86. The molecular formula is C25H33N3O5S. The Bertz CT molecular complexity index is 1100. The molecule has 0 radical (unpaired) electrons. The van der Waals surface area contributed by atoms with Crippen molar-refractivity contribution in [2.45, 2.75) is 57.1 Å². The Kier molecular flexibility index (Phi) is 8.82. The third kappa shape index (κ3) is 6.65. The number of ether oxygens (including phenoxy) is 1. The summed E-state index contributed by atoms with van der Waals surface area (Å²) in [4.78, 5) is 24.1. The Morgan fingerprint density at radius 2 is 1.82 bits per heavy atom. The van der Waals surface area contributed by atoms with Crippen molar-refractivity contribution < 1.29 is 22.7 Å². The highest BCUT2D eigenvalue weighted by molar-refractivity contribution is 7.89. The molecule has 34 heavy (non-hydrogen) atoms. The van der Waals surface area contributed by atoms with E-state index in [0.29, 0.717) is 31.7 Å². The topological polar surface area (TPSA) is 105 Å². The van der Waals surface area contributed by atoms with Crippen LogP contribution in [-0.4, -0.2) is 50.3 Å². The number of carbonyl (C=O) groups is 2. The normalized spacial score (nSPS) is 16.2. The number of carbonyl (C=O) groups excluding carboxylic acids is 2. The van der Waals surface area contributed by atoms with E-state index in [9.17, 15) is 18.0 Å². The number of rotatable bonds is 10. The van der Waals surface area contributed by atoms with Crippen LogP contribution in [0.2, 0.25) is 0 Å². The van der Waals surface area contributed by atoms with Crippen LogP contribution in [0, 0.1) is 0 Å². The molecule has 3 rings (SSSR count). The van der Waals surface area contributed by atoms with Crippen molar-refractivity contribution in [2.24, 2.45) is 0 Å². The van der Waals surface area contributed by atoms with E-state index >= 15 is 0 Å². The molecule has 0 aliphatic carbocycles. The molecule has 0 bridgehead atoms. The third-order valence-corrected chi connectivity index (χ3v) is 7.54. The summed E-state index contributed by atoms with van der Waals surface area (Å²) in [6.45, 7) is 6.62. The van der Waals surface area contributed by atoms with Gasteiger partial charge in [0, 0.05) is 38.7 Å². The lowest BCUT2D eigenvalue weighted by atomic mass is 9.92.